The van der Waals surface area contributed by atoms with Crippen LogP contribution < -0.4 is 10.6 Å². The van der Waals surface area contributed by atoms with Gasteiger partial charge in [-0.05, 0) is 30.3 Å². The molecule has 0 atom stereocenters. The quantitative estimate of drug-likeness (QED) is 0.678. The van der Waals surface area contributed by atoms with E-state index in [4.69, 9.17) is 23.2 Å². The SMILES string of the molecule is O=C(Nc1ccc(F)c(Cl)c1)c1cnc(Nc2ccccc2Cl)nc1. The molecule has 1 heterocycles. The van der Waals surface area contributed by atoms with E-state index in [2.05, 4.69) is 20.6 Å². The molecule has 2 aromatic carbocycles. The van der Waals surface area contributed by atoms with Crippen molar-refractivity contribution >= 4 is 46.4 Å². The molecule has 0 bridgehead atoms. The number of hydrogen-bond donors (Lipinski definition) is 2. The number of para-hydroxylation sites is 1. The van der Waals surface area contributed by atoms with Crippen molar-refractivity contribution in [3.63, 3.8) is 0 Å². The standard InChI is InChI=1S/C17H11Cl2FN4O/c18-12-3-1-2-4-15(12)24-17-21-8-10(9-22-17)16(25)23-11-5-6-14(20)13(19)7-11/h1-9H,(H,23,25)(H,21,22,24). The Morgan fingerprint density at radius 2 is 1.72 bits per heavy atom. The summed E-state index contributed by atoms with van der Waals surface area (Å²) in [4.78, 5) is 20.3. The zero-order valence-corrected chi connectivity index (χ0v) is 14.1. The molecule has 126 valence electrons. The van der Waals surface area contributed by atoms with Crippen LogP contribution in [0.2, 0.25) is 10.0 Å². The van der Waals surface area contributed by atoms with Crippen LogP contribution >= 0.6 is 23.2 Å². The molecule has 0 saturated heterocycles. The summed E-state index contributed by atoms with van der Waals surface area (Å²) in [5.41, 5.74) is 1.27. The summed E-state index contributed by atoms with van der Waals surface area (Å²) in [6.45, 7) is 0. The van der Waals surface area contributed by atoms with Gasteiger partial charge in [0.05, 0.1) is 21.3 Å². The fraction of sp³-hybridized carbons (Fsp3) is 0. The Balaban J connectivity index is 1.70. The highest BCUT2D eigenvalue weighted by atomic mass is 35.5. The first-order valence-electron chi connectivity index (χ1n) is 7.13. The zero-order valence-electron chi connectivity index (χ0n) is 12.6. The second kappa shape index (κ2) is 7.46. The molecule has 2 N–H and O–H groups in total. The number of aromatic nitrogens is 2. The fourth-order valence-electron chi connectivity index (χ4n) is 1.97. The van der Waals surface area contributed by atoms with Crippen LogP contribution in [0, 0.1) is 5.82 Å². The second-order valence-electron chi connectivity index (χ2n) is 4.98. The van der Waals surface area contributed by atoms with Gasteiger partial charge in [-0.3, -0.25) is 4.79 Å². The van der Waals surface area contributed by atoms with E-state index < -0.39 is 11.7 Å². The van der Waals surface area contributed by atoms with Gasteiger partial charge in [-0.1, -0.05) is 35.3 Å². The average Bonchev–Trinajstić information content (AvgIpc) is 2.61. The highest BCUT2D eigenvalue weighted by Crippen LogP contribution is 2.23. The van der Waals surface area contributed by atoms with Crippen LogP contribution in [-0.2, 0) is 0 Å². The van der Waals surface area contributed by atoms with Gasteiger partial charge in [0, 0.05) is 18.1 Å². The molecule has 1 aromatic heterocycles. The van der Waals surface area contributed by atoms with Crippen molar-refractivity contribution < 1.29 is 9.18 Å². The monoisotopic (exact) mass is 376 g/mol. The first-order chi connectivity index (χ1) is 12.0. The number of carbonyl (C=O) groups excluding carboxylic acids is 1. The third-order valence-electron chi connectivity index (χ3n) is 3.21. The van der Waals surface area contributed by atoms with E-state index in [-0.39, 0.29) is 10.6 Å². The summed E-state index contributed by atoms with van der Waals surface area (Å²) >= 11 is 11.7. The normalized spacial score (nSPS) is 10.4. The molecule has 3 rings (SSSR count). The Kier molecular flexibility index (Phi) is 5.11. The molecule has 0 unspecified atom stereocenters. The maximum atomic E-state index is 13.1. The Hall–Kier alpha value is -2.70. The van der Waals surface area contributed by atoms with E-state index in [0.29, 0.717) is 22.3 Å². The summed E-state index contributed by atoms with van der Waals surface area (Å²) in [6.07, 6.45) is 2.74. The van der Waals surface area contributed by atoms with Gasteiger partial charge in [0.2, 0.25) is 5.95 Å². The lowest BCUT2D eigenvalue weighted by molar-refractivity contribution is 0.102. The van der Waals surface area contributed by atoms with Crippen molar-refractivity contribution in [1.82, 2.24) is 9.97 Å². The molecular formula is C17H11Cl2FN4O. The van der Waals surface area contributed by atoms with Crippen molar-refractivity contribution in [2.24, 2.45) is 0 Å². The molecule has 0 aliphatic carbocycles. The molecule has 0 radical (unpaired) electrons. The molecule has 5 nitrogen and oxygen atoms in total. The van der Waals surface area contributed by atoms with Crippen molar-refractivity contribution in [2.75, 3.05) is 10.6 Å². The lowest BCUT2D eigenvalue weighted by Crippen LogP contribution is -2.13. The number of nitrogens with one attached hydrogen (secondary N) is 2. The predicted molar refractivity (Wildman–Crippen MR) is 96.1 cm³/mol. The lowest BCUT2D eigenvalue weighted by Gasteiger charge is -2.08. The minimum atomic E-state index is -0.557. The lowest BCUT2D eigenvalue weighted by atomic mass is 10.2. The van der Waals surface area contributed by atoms with Gasteiger partial charge < -0.3 is 10.6 Å². The van der Waals surface area contributed by atoms with Crippen LogP contribution in [0.1, 0.15) is 10.4 Å². The average molecular weight is 377 g/mol. The minimum absolute atomic E-state index is 0.0756. The van der Waals surface area contributed by atoms with Crippen LogP contribution in [0.4, 0.5) is 21.7 Å². The topological polar surface area (TPSA) is 66.9 Å². The minimum Gasteiger partial charge on any atom is -0.323 e. The molecule has 0 aliphatic heterocycles. The second-order valence-corrected chi connectivity index (χ2v) is 5.80. The molecule has 3 aromatic rings. The molecule has 0 aliphatic rings. The highest BCUT2D eigenvalue weighted by Gasteiger charge is 2.10. The highest BCUT2D eigenvalue weighted by molar-refractivity contribution is 6.33. The summed E-state index contributed by atoms with van der Waals surface area (Å²) < 4.78 is 13.1. The van der Waals surface area contributed by atoms with Gasteiger partial charge in [0.15, 0.2) is 0 Å². The Labute approximate surface area is 152 Å². The third kappa shape index (κ3) is 4.23. The van der Waals surface area contributed by atoms with E-state index in [1.165, 1.54) is 30.6 Å². The first-order valence-corrected chi connectivity index (χ1v) is 7.88. The van der Waals surface area contributed by atoms with Crippen LogP contribution in [0.25, 0.3) is 0 Å². The van der Waals surface area contributed by atoms with Crippen LogP contribution in [0.3, 0.4) is 0 Å². The number of benzene rings is 2. The molecule has 0 saturated carbocycles. The van der Waals surface area contributed by atoms with Crippen LogP contribution in [0.15, 0.2) is 54.9 Å². The number of anilines is 3. The molecule has 1 amide bonds. The van der Waals surface area contributed by atoms with E-state index in [9.17, 15) is 9.18 Å². The van der Waals surface area contributed by atoms with Crippen molar-refractivity contribution in [3.05, 3.63) is 76.3 Å². The molecule has 8 heteroatoms. The number of hydrogen-bond acceptors (Lipinski definition) is 4. The van der Waals surface area contributed by atoms with E-state index >= 15 is 0 Å². The predicted octanol–water partition coefficient (Wildman–Crippen LogP) is 4.92. The smallest absolute Gasteiger partial charge is 0.258 e. The first kappa shape index (κ1) is 17.1. The Morgan fingerprint density at radius 3 is 2.40 bits per heavy atom. The van der Waals surface area contributed by atoms with Gasteiger partial charge in [0.1, 0.15) is 5.82 Å². The number of rotatable bonds is 4. The van der Waals surface area contributed by atoms with Crippen molar-refractivity contribution in [1.29, 1.82) is 0 Å². The maximum Gasteiger partial charge on any atom is 0.258 e. The number of amides is 1. The number of carbonyl (C=O) groups is 1. The maximum absolute atomic E-state index is 13.1. The summed E-state index contributed by atoms with van der Waals surface area (Å²) in [7, 11) is 0. The fourth-order valence-corrected chi connectivity index (χ4v) is 2.33. The molecule has 25 heavy (non-hydrogen) atoms. The van der Waals surface area contributed by atoms with Gasteiger partial charge in [0.25, 0.3) is 5.91 Å². The van der Waals surface area contributed by atoms with Crippen molar-refractivity contribution in [3.8, 4) is 0 Å². The van der Waals surface area contributed by atoms with Crippen molar-refractivity contribution in [2.45, 2.75) is 0 Å². The van der Waals surface area contributed by atoms with E-state index in [1.807, 2.05) is 12.1 Å². The molecule has 0 fully saturated rings. The molecular weight excluding hydrogens is 366 g/mol. The van der Waals surface area contributed by atoms with Gasteiger partial charge >= 0.3 is 0 Å². The third-order valence-corrected chi connectivity index (χ3v) is 3.83. The zero-order chi connectivity index (χ0) is 17.8. The van der Waals surface area contributed by atoms with E-state index in [0.717, 1.165) is 0 Å². The number of halogens is 3. The van der Waals surface area contributed by atoms with E-state index in [1.54, 1.807) is 12.1 Å². The summed E-state index contributed by atoms with van der Waals surface area (Å²) in [5, 5.41) is 6.00. The van der Waals surface area contributed by atoms with Gasteiger partial charge in [-0.2, -0.15) is 0 Å². The van der Waals surface area contributed by atoms with Gasteiger partial charge in [-0.15, -0.1) is 0 Å². The molecule has 0 spiro atoms. The van der Waals surface area contributed by atoms with Crippen LogP contribution in [0.5, 0.6) is 0 Å². The summed E-state index contributed by atoms with van der Waals surface area (Å²) in [5.74, 6) is -0.695. The summed E-state index contributed by atoms with van der Waals surface area (Å²) in [6, 6.07) is 11.1. The number of nitrogens with zero attached hydrogens (tertiary/aromatic N) is 2. The Bertz CT molecular complexity index is 919. The van der Waals surface area contributed by atoms with Gasteiger partial charge in [-0.25, -0.2) is 14.4 Å². The van der Waals surface area contributed by atoms with Crippen LogP contribution in [-0.4, -0.2) is 15.9 Å². The largest absolute Gasteiger partial charge is 0.323 e. The Morgan fingerprint density at radius 1 is 1.00 bits per heavy atom.